The molecule has 0 saturated carbocycles. The Hall–Kier alpha value is -1.55. The summed E-state index contributed by atoms with van der Waals surface area (Å²) in [7, 11) is 3.48. The third-order valence-corrected chi connectivity index (χ3v) is 2.65. The fourth-order valence-electron chi connectivity index (χ4n) is 1.60. The number of rotatable bonds is 7. The van der Waals surface area contributed by atoms with Gasteiger partial charge in [-0.2, -0.15) is 0 Å². The molecule has 4 nitrogen and oxygen atoms in total. The Morgan fingerprint density at radius 3 is 2.50 bits per heavy atom. The molecule has 0 spiro atoms. The second kappa shape index (κ2) is 8.53. The summed E-state index contributed by atoms with van der Waals surface area (Å²) < 4.78 is 0. The number of nitrogens with one attached hydrogen (secondary N) is 2. The van der Waals surface area contributed by atoms with Crippen LogP contribution in [0.1, 0.15) is 12.0 Å². The van der Waals surface area contributed by atoms with Crippen LogP contribution in [0, 0.1) is 0 Å². The SMILES string of the molecule is CN(C)C(=O)NCCNCCCc1ccccc1. The van der Waals surface area contributed by atoms with Crippen molar-refractivity contribution in [1.82, 2.24) is 15.5 Å². The fraction of sp³-hybridized carbons (Fsp3) is 0.500. The second-order valence-corrected chi connectivity index (χ2v) is 4.47. The smallest absolute Gasteiger partial charge is 0.316 e. The molecule has 1 aromatic rings. The molecule has 18 heavy (non-hydrogen) atoms. The molecule has 0 atom stereocenters. The number of carbonyl (C=O) groups is 1. The second-order valence-electron chi connectivity index (χ2n) is 4.47. The number of carbonyl (C=O) groups excluding carboxylic acids is 1. The summed E-state index contributed by atoms with van der Waals surface area (Å²) >= 11 is 0. The van der Waals surface area contributed by atoms with Crippen LogP contribution >= 0.6 is 0 Å². The first kappa shape index (κ1) is 14.5. The molecule has 2 N–H and O–H groups in total. The number of hydrogen-bond donors (Lipinski definition) is 2. The first-order chi connectivity index (χ1) is 8.70. The number of urea groups is 1. The van der Waals surface area contributed by atoms with Crippen LogP contribution < -0.4 is 10.6 Å². The van der Waals surface area contributed by atoms with E-state index in [4.69, 9.17) is 0 Å². The average molecular weight is 249 g/mol. The molecule has 0 fully saturated rings. The van der Waals surface area contributed by atoms with E-state index in [0.717, 1.165) is 25.9 Å². The minimum absolute atomic E-state index is 0.0407. The molecule has 0 radical (unpaired) electrons. The van der Waals surface area contributed by atoms with Crippen LogP contribution in [0.15, 0.2) is 30.3 Å². The summed E-state index contributed by atoms with van der Waals surface area (Å²) in [4.78, 5) is 12.7. The van der Waals surface area contributed by atoms with Gasteiger partial charge in [-0.1, -0.05) is 30.3 Å². The molecule has 1 rings (SSSR count). The summed E-state index contributed by atoms with van der Waals surface area (Å²) in [6.07, 6.45) is 2.21. The van der Waals surface area contributed by atoms with Gasteiger partial charge in [0.25, 0.3) is 0 Å². The van der Waals surface area contributed by atoms with E-state index in [1.807, 2.05) is 6.07 Å². The number of amides is 2. The first-order valence-corrected chi connectivity index (χ1v) is 6.40. The number of benzene rings is 1. The molecule has 4 heteroatoms. The van der Waals surface area contributed by atoms with Crippen LogP contribution in [0.4, 0.5) is 4.79 Å². The van der Waals surface area contributed by atoms with Gasteiger partial charge in [0.05, 0.1) is 0 Å². The van der Waals surface area contributed by atoms with E-state index in [1.54, 1.807) is 14.1 Å². The van der Waals surface area contributed by atoms with Crippen LogP contribution in [0.2, 0.25) is 0 Å². The van der Waals surface area contributed by atoms with Crippen LogP contribution in [-0.2, 0) is 6.42 Å². The molecular formula is C14H23N3O. The summed E-state index contributed by atoms with van der Waals surface area (Å²) in [6.45, 7) is 2.46. The van der Waals surface area contributed by atoms with Gasteiger partial charge in [0.2, 0.25) is 0 Å². The van der Waals surface area contributed by atoms with E-state index < -0.39 is 0 Å². The van der Waals surface area contributed by atoms with E-state index in [1.165, 1.54) is 10.5 Å². The highest BCUT2D eigenvalue weighted by molar-refractivity contribution is 5.73. The summed E-state index contributed by atoms with van der Waals surface area (Å²) in [5.41, 5.74) is 1.38. The number of hydrogen-bond acceptors (Lipinski definition) is 2. The van der Waals surface area contributed by atoms with Crippen molar-refractivity contribution in [2.45, 2.75) is 12.8 Å². The van der Waals surface area contributed by atoms with Crippen molar-refractivity contribution in [3.63, 3.8) is 0 Å². The van der Waals surface area contributed by atoms with Gasteiger partial charge < -0.3 is 15.5 Å². The summed E-state index contributed by atoms with van der Waals surface area (Å²) in [5, 5.41) is 6.13. The molecule has 1 aromatic carbocycles. The lowest BCUT2D eigenvalue weighted by Gasteiger charge is -2.12. The molecule has 0 bridgehead atoms. The molecule has 0 aliphatic heterocycles. The van der Waals surface area contributed by atoms with Crippen molar-refractivity contribution in [3.05, 3.63) is 35.9 Å². The van der Waals surface area contributed by atoms with Gasteiger partial charge in [0.1, 0.15) is 0 Å². The molecule has 0 heterocycles. The lowest BCUT2D eigenvalue weighted by atomic mass is 10.1. The van der Waals surface area contributed by atoms with Crippen molar-refractivity contribution in [1.29, 1.82) is 0 Å². The quantitative estimate of drug-likeness (QED) is 0.719. The Balaban J connectivity index is 1.95. The Kier molecular flexibility index (Phi) is 6.87. The van der Waals surface area contributed by atoms with E-state index in [-0.39, 0.29) is 6.03 Å². The van der Waals surface area contributed by atoms with Gasteiger partial charge in [-0.05, 0) is 24.9 Å². The van der Waals surface area contributed by atoms with Crippen LogP contribution in [0.5, 0.6) is 0 Å². The highest BCUT2D eigenvalue weighted by Gasteiger charge is 2.00. The Bertz CT molecular complexity index is 338. The van der Waals surface area contributed by atoms with E-state index in [9.17, 15) is 4.79 Å². The minimum atomic E-state index is -0.0407. The zero-order valence-electron chi connectivity index (χ0n) is 11.3. The highest BCUT2D eigenvalue weighted by Crippen LogP contribution is 2.01. The summed E-state index contributed by atoms with van der Waals surface area (Å²) in [5.74, 6) is 0. The minimum Gasteiger partial charge on any atom is -0.337 e. The van der Waals surface area contributed by atoms with Gasteiger partial charge in [-0.25, -0.2) is 4.79 Å². The zero-order chi connectivity index (χ0) is 13.2. The van der Waals surface area contributed by atoms with E-state index in [0.29, 0.717) is 6.54 Å². The standard InChI is InChI=1S/C14H23N3O/c1-17(2)14(18)16-12-11-15-10-6-9-13-7-4-3-5-8-13/h3-5,7-8,15H,6,9-12H2,1-2H3,(H,16,18). The van der Waals surface area contributed by atoms with Crippen molar-refractivity contribution in [2.24, 2.45) is 0 Å². The highest BCUT2D eigenvalue weighted by atomic mass is 16.2. The third-order valence-electron chi connectivity index (χ3n) is 2.65. The monoisotopic (exact) mass is 249 g/mol. The predicted octanol–water partition coefficient (Wildman–Crippen LogP) is 1.48. The molecule has 0 aliphatic carbocycles. The summed E-state index contributed by atoms with van der Waals surface area (Å²) in [6, 6.07) is 10.4. The van der Waals surface area contributed by atoms with Crippen LogP contribution in [0.3, 0.4) is 0 Å². The van der Waals surface area contributed by atoms with Gasteiger partial charge in [-0.15, -0.1) is 0 Å². The van der Waals surface area contributed by atoms with Crippen LogP contribution in [-0.4, -0.2) is 44.7 Å². The lowest BCUT2D eigenvalue weighted by Crippen LogP contribution is -2.38. The van der Waals surface area contributed by atoms with Crippen molar-refractivity contribution in [2.75, 3.05) is 33.7 Å². The molecule has 2 amide bonds. The Morgan fingerprint density at radius 2 is 1.83 bits per heavy atom. The number of aryl methyl sites for hydroxylation is 1. The van der Waals surface area contributed by atoms with Gasteiger partial charge >= 0.3 is 6.03 Å². The molecule has 0 aliphatic rings. The van der Waals surface area contributed by atoms with Crippen molar-refractivity contribution < 1.29 is 4.79 Å². The van der Waals surface area contributed by atoms with Crippen molar-refractivity contribution in [3.8, 4) is 0 Å². The normalized spacial score (nSPS) is 10.1. The van der Waals surface area contributed by atoms with Gasteiger partial charge in [0, 0.05) is 27.2 Å². The maximum absolute atomic E-state index is 11.2. The lowest BCUT2D eigenvalue weighted by molar-refractivity contribution is 0.217. The zero-order valence-corrected chi connectivity index (χ0v) is 11.3. The predicted molar refractivity (Wildman–Crippen MR) is 74.7 cm³/mol. The molecule has 0 saturated heterocycles. The van der Waals surface area contributed by atoms with E-state index >= 15 is 0 Å². The number of nitrogens with zero attached hydrogens (tertiary/aromatic N) is 1. The maximum atomic E-state index is 11.2. The third kappa shape index (κ3) is 6.25. The Morgan fingerprint density at radius 1 is 1.11 bits per heavy atom. The fourth-order valence-corrected chi connectivity index (χ4v) is 1.60. The van der Waals surface area contributed by atoms with Crippen molar-refractivity contribution >= 4 is 6.03 Å². The van der Waals surface area contributed by atoms with E-state index in [2.05, 4.69) is 34.9 Å². The largest absolute Gasteiger partial charge is 0.337 e. The van der Waals surface area contributed by atoms with Gasteiger partial charge in [0.15, 0.2) is 0 Å². The molecular weight excluding hydrogens is 226 g/mol. The van der Waals surface area contributed by atoms with Crippen LogP contribution in [0.25, 0.3) is 0 Å². The molecule has 100 valence electrons. The molecule has 0 unspecified atom stereocenters. The molecule has 0 aromatic heterocycles. The topological polar surface area (TPSA) is 44.4 Å². The van der Waals surface area contributed by atoms with Gasteiger partial charge in [-0.3, -0.25) is 0 Å². The maximum Gasteiger partial charge on any atom is 0.316 e. The average Bonchev–Trinajstić information content (AvgIpc) is 2.38. The first-order valence-electron chi connectivity index (χ1n) is 6.40. The Labute approximate surface area is 109 Å².